The number of nitrogens with one attached hydrogen (secondary N) is 1. The maximum absolute atomic E-state index is 13.8. The molecule has 1 aromatic carbocycles. The second-order valence-corrected chi connectivity index (χ2v) is 7.26. The van der Waals surface area contributed by atoms with Crippen LogP contribution in [0.15, 0.2) is 27.5 Å². The Kier molecular flexibility index (Phi) is 7.68. The number of ether oxygens (including phenoxy) is 1. The Morgan fingerprint density at radius 3 is 2.68 bits per heavy atom. The fraction of sp³-hybridized carbons (Fsp3) is 0.421. The number of amides is 1. The molecule has 152 valence electrons. The van der Waals surface area contributed by atoms with Crippen LogP contribution in [0.4, 0.5) is 8.78 Å². The quantitative estimate of drug-likeness (QED) is 0.657. The summed E-state index contributed by atoms with van der Waals surface area (Å²) in [6, 6.07) is 3.03. The van der Waals surface area contributed by atoms with Gasteiger partial charge in [0, 0.05) is 37.6 Å². The van der Waals surface area contributed by atoms with Crippen molar-refractivity contribution in [3.05, 3.63) is 56.0 Å². The number of aryl methyl sites for hydroxylation is 1. The molecule has 0 bridgehead atoms. The van der Waals surface area contributed by atoms with Gasteiger partial charge in [0.2, 0.25) is 11.8 Å². The minimum Gasteiger partial charge on any atom is -0.472 e. The third-order valence-corrected chi connectivity index (χ3v) is 4.76. The van der Waals surface area contributed by atoms with Gasteiger partial charge in [-0.1, -0.05) is 0 Å². The second kappa shape index (κ2) is 9.77. The minimum absolute atomic E-state index is 0.0283. The van der Waals surface area contributed by atoms with Crippen LogP contribution in [0.1, 0.15) is 44.1 Å². The Morgan fingerprint density at radius 2 is 2.07 bits per heavy atom. The zero-order valence-corrected chi connectivity index (χ0v) is 17.5. The molecular weight excluding hydrogens is 436 g/mol. The van der Waals surface area contributed by atoms with E-state index in [2.05, 4.69) is 26.2 Å². The molecule has 1 heterocycles. The average Bonchev–Trinajstić information content (AvgIpc) is 2.64. The molecule has 1 aromatic heterocycles. The van der Waals surface area contributed by atoms with E-state index >= 15 is 0 Å². The molecule has 0 atom stereocenters. The number of benzene rings is 1. The number of hydrogen-bond acceptors (Lipinski definition) is 4. The molecule has 0 saturated heterocycles. The highest BCUT2D eigenvalue weighted by molar-refractivity contribution is 9.10. The number of aromatic nitrogens is 2. The highest BCUT2D eigenvalue weighted by Crippen LogP contribution is 2.23. The van der Waals surface area contributed by atoms with Crippen molar-refractivity contribution in [3.63, 3.8) is 0 Å². The standard InChI is InChI=1S/C19H22BrF2N3O3/c1-11(2)25-15(5-4-6-16(26)23-3)24-18(17(20)19(25)27)28-10-12-7-8-13(21)9-14(12)22/h7-9,11H,4-6,10H2,1-3H3,(H,23,26). The third-order valence-electron chi connectivity index (χ3n) is 4.08. The SMILES string of the molecule is CNC(=O)CCCc1nc(OCc2ccc(F)cc2F)c(Br)c(=O)n1C(C)C. The summed E-state index contributed by atoms with van der Waals surface area (Å²) >= 11 is 3.20. The van der Waals surface area contributed by atoms with Crippen molar-refractivity contribution in [2.75, 3.05) is 7.05 Å². The van der Waals surface area contributed by atoms with Crippen LogP contribution in [0.2, 0.25) is 0 Å². The molecule has 9 heteroatoms. The average molecular weight is 458 g/mol. The van der Waals surface area contributed by atoms with Crippen LogP contribution in [0.25, 0.3) is 0 Å². The van der Waals surface area contributed by atoms with Crippen LogP contribution in [0, 0.1) is 11.6 Å². The first-order valence-electron chi connectivity index (χ1n) is 8.82. The maximum atomic E-state index is 13.8. The summed E-state index contributed by atoms with van der Waals surface area (Å²) in [6.45, 7) is 3.50. The predicted molar refractivity (Wildman–Crippen MR) is 104 cm³/mol. The van der Waals surface area contributed by atoms with Gasteiger partial charge in [-0.2, -0.15) is 4.98 Å². The number of halogens is 3. The van der Waals surface area contributed by atoms with Crippen molar-refractivity contribution >= 4 is 21.8 Å². The smallest absolute Gasteiger partial charge is 0.272 e. The molecule has 0 aliphatic rings. The lowest BCUT2D eigenvalue weighted by Gasteiger charge is -2.18. The minimum atomic E-state index is -0.738. The molecule has 1 N–H and O–H groups in total. The molecule has 0 aliphatic carbocycles. The van der Waals surface area contributed by atoms with Gasteiger partial charge in [0.05, 0.1) is 0 Å². The highest BCUT2D eigenvalue weighted by Gasteiger charge is 2.18. The molecule has 0 saturated carbocycles. The lowest BCUT2D eigenvalue weighted by Crippen LogP contribution is -2.28. The lowest BCUT2D eigenvalue weighted by atomic mass is 10.2. The van der Waals surface area contributed by atoms with Gasteiger partial charge in [-0.3, -0.25) is 14.2 Å². The second-order valence-electron chi connectivity index (χ2n) is 6.47. The normalized spacial score (nSPS) is 11.0. The number of rotatable bonds is 8. The highest BCUT2D eigenvalue weighted by atomic mass is 79.9. The monoisotopic (exact) mass is 457 g/mol. The van der Waals surface area contributed by atoms with Crippen LogP contribution >= 0.6 is 15.9 Å². The molecule has 2 rings (SSSR count). The summed E-state index contributed by atoms with van der Waals surface area (Å²) in [5.41, 5.74) is -0.182. The molecule has 28 heavy (non-hydrogen) atoms. The van der Waals surface area contributed by atoms with E-state index in [1.807, 2.05) is 13.8 Å². The Labute approximate surface area is 170 Å². The first-order chi connectivity index (χ1) is 13.2. The molecule has 1 amide bonds. The van der Waals surface area contributed by atoms with E-state index in [0.717, 1.165) is 12.1 Å². The zero-order valence-electron chi connectivity index (χ0n) is 15.9. The lowest BCUT2D eigenvalue weighted by molar-refractivity contribution is -0.120. The summed E-state index contributed by atoms with van der Waals surface area (Å²) < 4.78 is 34.0. The number of hydrogen-bond donors (Lipinski definition) is 1. The summed E-state index contributed by atoms with van der Waals surface area (Å²) in [7, 11) is 1.56. The van der Waals surface area contributed by atoms with Gasteiger partial charge in [-0.05, 0) is 48.3 Å². The van der Waals surface area contributed by atoms with Gasteiger partial charge in [0.25, 0.3) is 5.56 Å². The first-order valence-corrected chi connectivity index (χ1v) is 9.62. The molecule has 0 unspecified atom stereocenters. The van der Waals surface area contributed by atoms with Gasteiger partial charge >= 0.3 is 0 Å². The molecular formula is C19H22BrF2N3O3. The molecule has 6 nitrogen and oxygen atoms in total. The summed E-state index contributed by atoms with van der Waals surface area (Å²) in [5.74, 6) is -1.02. The van der Waals surface area contributed by atoms with E-state index in [0.29, 0.717) is 25.1 Å². The van der Waals surface area contributed by atoms with E-state index in [-0.39, 0.29) is 40.0 Å². The van der Waals surface area contributed by atoms with Crippen molar-refractivity contribution in [1.82, 2.24) is 14.9 Å². The van der Waals surface area contributed by atoms with Crippen molar-refractivity contribution in [2.45, 2.75) is 45.8 Å². The van der Waals surface area contributed by atoms with Crippen molar-refractivity contribution in [1.29, 1.82) is 0 Å². The summed E-state index contributed by atoms with van der Waals surface area (Å²) in [6.07, 6.45) is 1.21. The van der Waals surface area contributed by atoms with Crippen molar-refractivity contribution < 1.29 is 18.3 Å². The number of nitrogens with zero attached hydrogens (tertiary/aromatic N) is 2. The third kappa shape index (κ3) is 5.37. The summed E-state index contributed by atoms with van der Waals surface area (Å²) in [4.78, 5) is 28.6. The zero-order chi connectivity index (χ0) is 20.8. The van der Waals surface area contributed by atoms with Crippen LogP contribution < -0.4 is 15.6 Å². The fourth-order valence-corrected chi connectivity index (χ4v) is 3.05. The first kappa shape index (κ1) is 22.0. The topological polar surface area (TPSA) is 73.2 Å². The van der Waals surface area contributed by atoms with E-state index in [4.69, 9.17) is 4.74 Å². The summed E-state index contributed by atoms with van der Waals surface area (Å²) in [5, 5.41) is 2.55. The van der Waals surface area contributed by atoms with Gasteiger partial charge < -0.3 is 10.1 Å². The van der Waals surface area contributed by atoms with Gasteiger partial charge in [0.15, 0.2) is 0 Å². The van der Waals surface area contributed by atoms with Crippen LogP contribution in [0.3, 0.4) is 0 Å². The Bertz CT molecular complexity index is 916. The van der Waals surface area contributed by atoms with Crippen LogP contribution in [0.5, 0.6) is 5.88 Å². The van der Waals surface area contributed by atoms with E-state index < -0.39 is 11.6 Å². The number of carbonyl (C=O) groups excluding carboxylic acids is 1. The van der Waals surface area contributed by atoms with Crippen LogP contribution in [-0.2, 0) is 17.8 Å². The maximum Gasteiger partial charge on any atom is 0.272 e. The van der Waals surface area contributed by atoms with E-state index in [1.54, 1.807) is 7.05 Å². The van der Waals surface area contributed by atoms with Gasteiger partial charge in [-0.25, -0.2) is 8.78 Å². The molecule has 0 spiro atoms. The fourth-order valence-electron chi connectivity index (χ4n) is 2.66. The van der Waals surface area contributed by atoms with Gasteiger partial charge in [-0.15, -0.1) is 0 Å². The van der Waals surface area contributed by atoms with Gasteiger partial charge in [0.1, 0.15) is 28.5 Å². The van der Waals surface area contributed by atoms with Crippen molar-refractivity contribution in [2.24, 2.45) is 0 Å². The van der Waals surface area contributed by atoms with E-state index in [9.17, 15) is 18.4 Å². The molecule has 0 fully saturated rings. The van der Waals surface area contributed by atoms with E-state index in [1.165, 1.54) is 10.6 Å². The number of carbonyl (C=O) groups is 1. The Morgan fingerprint density at radius 1 is 1.36 bits per heavy atom. The Balaban J connectivity index is 2.28. The molecule has 2 aromatic rings. The largest absolute Gasteiger partial charge is 0.472 e. The molecule has 0 radical (unpaired) electrons. The Hall–Kier alpha value is -2.29. The van der Waals surface area contributed by atoms with Crippen LogP contribution in [-0.4, -0.2) is 22.5 Å². The van der Waals surface area contributed by atoms with Crippen molar-refractivity contribution in [3.8, 4) is 5.88 Å². The predicted octanol–water partition coefficient (Wildman–Crippen LogP) is 3.51. The molecule has 0 aliphatic heterocycles.